The van der Waals surface area contributed by atoms with Crippen LogP contribution in [-0.2, 0) is 11.3 Å². The fourth-order valence-corrected chi connectivity index (χ4v) is 5.21. The lowest BCUT2D eigenvalue weighted by atomic mass is 9.90. The van der Waals surface area contributed by atoms with Crippen LogP contribution in [0.3, 0.4) is 0 Å². The highest BCUT2D eigenvalue weighted by Crippen LogP contribution is 2.27. The van der Waals surface area contributed by atoms with Crippen molar-refractivity contribution in [1.82, 2.24) is 19.5 Å². The lowest BCUT2D eigenvalue weighted by Crippen LogP contribution is -2.36. The van der Waals surface area contributed by atoms with E-state index in [0.717, 1.165) is 55.3 Å². The topological polar surface area (TPSA) is 120 Å². The highest BCUT2D eigenvalue weighted by Gasteiger charge is 2.25. The summed E-state index contributed by atoms with van der Waals surface area (Å²) in [6.07, 6.45) is 7.49. The van der Waals surface area contributed by atoms with E-state index in [-0.39, 0.29) is 11.8 Å². The minimum atomic E-state index is -0.308. The monoisotopic (exact) mass is 568 g/mol. The van der Waals surface area contributed by atoms with E-state index in [9.17, 15) is 9.59 Å². The minimum Gasteiger partial charge on any atom is -0.357 e. The summed E-state index contributed by atoms with van der Waals surface area (Å²) >= 11 is 0. The van der Waals surface area contributed by atoms with E-state index in [1.807, 2.05) is 34.9 Å². The second-order valence-electron chi connectivity index (χ2n) is 10.7. The highest BCUT2D eigenvalue weighted by molar-refractivity contribution is 6.05. The van der Waals surface area contributed by atoms with Crippen molar-refractivity contribution in [3.63, 3.8) is 0 Å². The molecule has 1 aliphatic rings. The molecule has 11 nitrogen and oxygen atoms in total. The summed E-state index contributed by atoms with van der Waals surface area (Å²) in [6.45, 7) is 6.25. The van der Waals surface area contributed by atoms with Gasteiger partial charge in [-0.15, -0.1) is 0 Å². The van der Waals surface area contributed by atoms with Gasteiger partial charge < -0.3 is 26.2 Å². The highest BCUT2D eigenvalue weighted by atomic mass is 16.2. The normalized spacial score (nSPS) is 16.7. The average molecular weight is 569 g/mol. The van der Waals surface area contributed by atoms with Gasteiger partial charge in [0.15, 0.2) is 11.6 Å². The Hall–Kier alpha value is -4.77. The van der Waals surface area contributed by atoms with Crippen molar-refractivity contribution < 1.29 is 14.2 Å². The van der Waals surface area contributed by atoms with Crippen LogP contribution in [0.1, 0.15) is 43.0 Å². The molecular formula is C31H38N9O2+. The molecule has 1 fully saturated rings. The summed E-state index contributed by atoms with van der Waals surface area (Å²) in [7, 11) is 4.31. The van der Waals surface area contributed by atoms with Crippen molar-refractivity contribution in [2.75, 3.05) is 35.4 Å². The van der Waals surface area contributed by atoms with Crippen molar-refractivity contribution in [3.05, 3.63) is 79.1 Å². The van der Waals surface area contributed by atoms with E-state index in [0.29, 0.717) is 29.0 Å². The Morgan fingerprint density at radius 1 is 1.02 bits per heavy atom. The van der Waals surface area contributed by atoms with Gasteiger partial charge in [-0.05, 0) is 100 Å². The molecule has 0 atom stereocenters. The fraction of sp³-hybridized carbons (Fsp3) is 0.323. The molecule has 5 rings (SSSR count). The average Bonchev–Trinajstić information content (AvgIpc) is 3.41. The maximum atomic E-state index is 12.9. The quantitative estimate of drug-likeness (QED) is 0.165. The Balaban J connectivity index is 1.31. The number of nitrogens with one attached hydrogen (secondary N) is 4. The minimum absolute atomic E-state index is 0.258. The Bertz CT molecular complexity index is 1570. The molecule has 2 amide bonds. The molecular weight excluding hydrogens is 530 g/mol. The molecule has 2 heterocycles. The fourth-order valence-electron chi connectivity index (χ4n) is 5.21. The van der Waals surface area contributed by atoms with Gasteiger partial charge in [0.25, 0.3) is 5.91 Å². The van der Waals surface area contributed by atoms with Crippen molar-refractivity contribution in [2.24, 2.45) is 0 Å². The van der Waals surface area contributed by atoms with Crippen molar-refractivity contribution in [1.29, 1.82) is 0 Å². The maximum Gasteiger partial charge on any atom is 0.390 e. The first-order chi connectivity index (χ1) is 20.3. The van der Waals surface area contributed by atoms with E-state index in [4.69, 9.17) is 4.98 Å². The van der Waals surface area contributed by atoms with Crippen LogP contribution in [0.15, 0.2) is 73.6 Å². The molecule has 1 saturated carbocycles. The van der Waals surface area contributed by atoms with E-state index in [2.05, 4.69) is 58.9 Å². The van der Waals surface area contributed by atoms with Gasteiger partial charge in [-0.1, -0.05) is 22.1 Å². The number of anilines is 5. The number of hydrogen-bond donors (Lipinski definition) is 4. The lowest BCUT2D eigenvalue weighted by molar-refractivity contribution is -0.670. The van der Waals surface area contributed by atoms with Crippen LogP contribution in [0.4, 0.5) is 28.7 Å². The Morgan fingerprint density at radius 3 is 2.45 bits per heavy atom. The molecule has 1 aliphatic carbocycles. The van der Waals surface area contributed by atoms with Crippen LogP contribution >= 0.6 is 0 Å². The SMILES string of the molecule is C=CC(=O)Nc1ccc(C(=O)Nc2cccc(Nc3cc(N[C@H]4CC[C@H](N(C)C)CC4)nc4n3nc[n+]4CC)c2)cc1. The zero-order valence-corrected chi connectivity index (χ0v) is 24.3. The molecule has 2 aromatic heterocycles. The van der Waals surface area contributed by atoms with Gasteiger partial charge in [0.05, 0.1) is 6.54 Å². The summed E-state index contributed by atoms with van der Waals surface area (Å²) in [5, 5.41) is 17.3. The van der Waals surface area contributed by atoms with Crippen LogP contribution in [0.25, 0.3) is 5.78 Å². The summed E-state index contributed by atoms with van der Waals surface area (Å²) in [4.78, 5) is 31.6. The molecule has 2 aromatic carbocycles. The lowest BCUT2D eigenvalue weighted by Gasteiger charge is -2.32. The first-order valence-electron chi connectivity index (χ1n) is 14.3. The van der Waals surface area contributed by atoms with Crippen LogP contribution in [0.5, 0.6) is 0 Å². The number of benzene rings is 2. The van der Waals surface area contributed by atoms with Gasteiger partial charge >= 0.3 is 5.78 Å². The zero-order valence-electron chi connectivity index (χ0n) is 24.3. The van der Waals surface area contributed by atoms with E-state index >= 15 is 0 Å². The molecule has 11 heteroatoms. The smallest absolute Gasteiger partial charge is 0.357 e. The molecule has 0 unspecified atom stereocenters. The molecule has 218 valence electrons. The molecule has 4 aromatic rings. The zero-order chi connectivity index (χ0) is 29.6. The third-order valence-electron chi connectivity index (χ3n) is 7.59. The van der Waals surface area contributed by atoms with Crippen LogP contribution in [-0.4, -0.2) is 57.5 Å². The van der Waals surface area contributed by atoms with Gasteiger partial charge in [0.2, 0.25) is 12.2 Å². The van der Waals surface area contributed by atoms with Gasteiger partial charge in [-0.3, -0.25) is 9.59 Å². The van der Waals surface area contributed by atoms with Crippen LogP contribution < -0.4 is 25.8 Å². The number of carbonyl (C=O) groups is 2. The Kier molecular flexibility index (Phi) is 8.77. The summed E-state index contributed by atoms with van der Waals surface area (Å²) in [5.74, 6) is 1.74. The predicted octanol–water partition coefficient (Wildman–Crippen LogP) is 4.44. The molecule has 0 spiro atoms. The first-order valence-corrected chi connectivity index (χ1v) is 14.3. The number of fused-ring (bicyclic) bond motifs is 1. The molecule has 0 radical (unpaired) electrons. The van der Waals surface area contributed by atoms with Crippen molar-refractivity contribution in [2.45, 2.75) is 51.2 Å². The maximum absolute atomic E-state index is 12.9. The molecule has 0 saturated heterocycles. The molecule has 4 N–H and O–H groups in total. The number of amides is 2. The van der Waals surface area contributed by atoms with Gasteiger partial charge in [-0.25, -0.2) is 4.57 Å². The standard InChI is InChI=1S/C31H37N9O2/c1-5-29(41)35-23-12-10-21(11-13-23)30(42)36-25-9-7-8-24(18-25)34-28-19-27(37-31-39(6-2)20-32-40(28)31)33-22-14-16-26(17-15-22)38(3)4/h5,7-13,18-20,22,26H,1,6,14-17H2,2-4H3,(H3,33,34,35,36,41,42)/p+1/t22-,26-. The van der Waals surface area contributed by atoms with Crippen molar-refractivity contribution >= 4 is 46.3 Å². The van der Waals surface area contributed by atoms with E-state index in [1.54, 1.807) is 35.1 Å². The summed E-state index contributed by atoms with van der Waals surface area (Å²) in [5.41, 5.74) is 2.49. The first kappa shape index (κ1) is 28.7. The van der Waals surface area contributed by atoms with Crippen LogP contribution in [0, 0.1) is 0 Å². The Morgan fingerprint density at radius 2 is 1.76 bits per heavy atom. The Labute approximate surface area is 245 Å². The molecule has 0 bridgehead atoms. The number of aromatic nitrogens is 4. The third kappa shape index (κ3) is 6.74. The molecule has 42 heavy (non-hydrogen) atoms. The third-order valence-corrected chi connectivity index (χ3v) is 7.59. The second-order valence-corrected chi connectivity index (χ2v) is 10.7. The van der Waals surface area contributed by atoms with Gasteiger partial charge in [0, 0.05) is 40.8 Å². The molecule has 0 aliphatic heterocycles. The van der Waals surface area contributed by atoms with Gasteiger partial charge in [0.1, 0.15) is 0 Å². The number of carbonyl (C=O) groups excluding carboxylic acids is 2. The van der Waals surface area contributed by atoms with E-state index < -0.39 is 0 Å². The summed E-state index contributed by atoms with van der Waals surface area (Å²) < 4.78 is 3.79. The predicted molar refractivity (Wildman–Crippen MR) is 165 cm³/mol. The summed E-state index contributed by atoms with van der Waals surface area (Å²) in [6, 6.07) is 17.2. The van der Waals surface area contributed by atoms with Crippen molar-refractivity contribution in [3.8, 4) is 0 Å². The number of nitrogens with zero attached hydrogens (tertiary/aromatic N) is 5. The number of rotatable bonds is 10. The van der Waals surface area contributed by atoms with E-state index in [1.165, 1.54) is 6.08 Å². The van der Waals surface area contributed by atoms with Gasteiger partial charge in [-0.2, -0.15) is 0 Å². The largest absolute Gasteiger partial charge is 0.390 e. The number of aryl methyl sites for hydroxylation is 1. The number of hydrogen-bond acceptors (Lipinski definition) is 7. The van der Waals surface area contributed by atoms with Crippen LogP contribution in [0.2, 0.25) is 0 Å². The second kappa shape index (κ2) is 12.8.